The van der Waals surface area contributed by atoms with Gasteiger partial charge in [0.15, 0.2) is 0 Å². The zero-order valence-electron chi connectivity index (χ0n) is 13.3. The number of aromatic nitrogens is 4. The van der Waals surface area contributed by atoms with E-state index in [1.807, 2.05) is 36.1 Å². The molecule has 0 aliphatic carbocycles. The highest BCUT2D eigenvalue weighted by Gasteiger charge is 2.25. The topological polar surface area (TPSA) is 89.9 Å². The van der Waals surface area contributed by atoms with Gasteiger partial charge in [-0.05, 0) is 53.8 Å². The normalized spacial score (nSPS) is 19.6. The Bertz CT molecular complexity index is 637. The van der Waals surface area contributed by atoms with Crippen LogP contribution in [0.15, 0.2) is 30.6 Å². The number of carbonyl (C=O) groups is 1. The number of amides is 1. The van der Waals surface area contributed by atoms with E-state index >= 15 is 0 Å². The maximum Gasteiger partial charge on any atom is 0.226 e. The lowest BCUT2D eigenvalue weighted by Gasteiger charge is -2.34. The fourth-order valence-electron chi connectivity index (χ4n) is 3.00. The molecule has 0 bridgehead atoms. The Kier molecular flexibility index (Phi) is 4.66. The van der Waals surface area contributed by atoms with Crippen LogP contribution in [-0.2, 0) is 11.2 Å². The molecule has 1 amide bonds. The second kappa shape index (κ2) is 6.87. The van der Waals surface area contributed by atoms with Crippen LogP contribution in [0.3, 0.4) is 0 Å². The van der Waals surface area contributed by atoms with Crippen LogP contribution in [0.4, 0.5) is 0 Å². The summed E-state index contributed by atoms with van der Waals surface area (Å²) >= 11 is 0. The molecule has 122 valence electrons. The second-order valence-corrected chi connectivity index (χ2v) is 6.20. The van der Waals surface area contributed by atoms with Crippen LogP contribution in [0.25, 0.3) is 5.69 Å². The van der Waals surface area contributed by atoms with Crippen LogP contribution in [0.5, 0.6) is 0 Å². The van der Waals surface area contributed by atoms with Gasteiger partial charge in [0.25, 0.3) is 0 Å². The van der Waals surface area contributed by atoms with Gasteiger partial charge in [-0.25, -0.2) is 4.68 Å². The minimum atomic E-state index is 0.140. The van der Waals surface area contributed by atoms with Crippen molar-refractivity contribution >= 4 is 5.91 Å². The Morgan fingerprint density at radius 1 is 1.39 bits per heavy atom. The largest absolute Gasteiger partial charge is 0.342 e. The first-order valence-corrected chi connectivity index (χ1v) is 7.99. The molecule has 1 saturated heterocycles. The Labute approximate surface area is 135 Å². The number of nitrogens with zero attached hydrogens (tertiary/aromatic N) is 5. The molecule has 2 heterocycles. The number of carbonyl (C=O) groups excluding carboxylic acids is 1. The lowest BCUT2D eigenvalue weighted by molar-refractivity contribution is -0.132. The molecule has 3 rings (SSSR count). The Hall–Kier alpha value is -2.28. The monoisotopic (exact) mass is 314 g/mol. The number of rotatable bonds is 4. The molecule has 1 aromatic carbocycles. The molecule has 0 unspecified atom stereocenters. The van der Waals surface area contributed by atoms with Crippen molar-refractivity contribution in [2.45, 2.75) is 32.2 Å². The summed E-state index contributed by atoms with van der Waals surface area (Å²) in [5.41, 5.74) is 7.86. The highest BCUT2D eigenvalue weighted by atomic mass is 16.2. The molecule has 1 aliphatic rings. The van der Waals surface area contributed by atoms with Gasteiger partial charge in [0.05, 0.1) is 12.1 Å². The standard InChI is InChI=1S/C16H22N6O/c1-12(17)14-3-2-8-21(10-14)16(23)9-13-4-6-15(7-5-13)22-11-18-19-20-22/h4-7,11-12,14H,2-3,8-10,17H2,1H3/t12-,14+/m0/s1. The van der Waals surface area contributed by atoms with Crippen molar-refractivity contribution in [2.75, 3.05) is 13.1 Å². The van der Waals surface area contributed by atoms with Crippen molar-refractivity contribution in [3.05, 3.63) is 36.2 Å². The summed E-state index contributed by atoms with van der Waals surface area (Å²) in [5.74, 6) is 0.584. The molecule has 7 heteroatoms. The number of likely N-dealkylation sites (tertiary alicyclic amines) is 1. The van der Waals surface area contributed by atoms with Gasteiger partial charge in [-0.2, -0.15) is 0 Å². The van der Waals surface area contributed by atoms with E-state index in [1.165, 1.54) is 0 Å². The first-order valence-electron chi connectivity index (χ1n) is 7.99. The van der Waals surface area contributed by atoms with Crippen LogP contribution >= 0.6 is 0 Å². The molecule has 0 saturated carbocycles. The number of benzene rings is 1. The van der Waals surface area contributed by atoms with Crippen LogP contribution in [-0.4, -0.2) is 50.1 Å². The molecule has 0 spiro atoms. The van der Waals surface area contributed by atoms with E-state index in [4.69, 9.17) is 5.73 Å². The second-order valence-electron chi connectivity index (χ2n) is 6.20. The predicted molar refractivity (Wildman–Crippen MR) is 85.8 cm³/mol. The summed E-state index contributed by atoms with van der Waals surface area (Å²) in [6.07, 6.45) is 4.11. The molecule has 23 heavy (non-hydrogen) atoms. The first kappa shape index (κ1) is 15.6. The van der Waals surface area contributed by atoms with Crippen molar-refractivity contribution in [2.24, 2.45) is 11.7 Å². The zero-order chi connectivity index (χ0) is 16.2. The average Bonchev–Trinajstić information content (AvgIpc) is 3.10. The SMILES string of the molecule is C[C@H](N)[C@@H]1CCCN(C(=O)Cc2ccc(-n3cnnn3)cc2)C1. The smallest absolute Gasteiger partial charge is 0.226 e. The molecular formula is C16H22N6O. The molecule has 1 aromatic heterocycles. The van der Waals surface area contributed by atoms with Crippen LogP contribution < -0.4 is 5.73 Å². The number of tetrazole rings is 1. The van der Waals surface area contributed by atoms with Crippen molar-refractivity contribution in [3.8, 4) is 5.69 Å². The van der Waals surface area contributed by atoms with Gasteiger partial charge in [0, 0.05) is 19.1 Å². The molecule has 1 aliphatic heterocycles. The number of hydrogen-bond acceptors (Lipinski definition) is 5. The van der Waals surface area contributed by atoms with E-state index in [2.05, 4.69) is 15.5 Å². The number of nitrogens with two attached hydrogens (primary N) is 1. The van der Waals surface area contributed by atoms with Crippen LogP contribution in [0.1, 0.15) is 25.3 Å². The van der Waals surface area contributed by atoms with Crippen LogP contribution in [0, 0.1) is 5.92 Å². The zero-order valence-corrected chi connectivity index (χ0v) is 13.3. The molecule has 2 atom stereocenters. The molecule has 7 nitrogen and oxygen atoms in total. The van der Waals surface area contributed by atoms with E-state index in [-0.39, 0.29) is 11.9 Å². The van der Waals surface area contributed by atoms with E-state index in [1.54, 1.807) is 11.0 Å². The Balaban J connectivity index is 1.61. The fourth-order valence-corrected chi connectivity index (χ4v) is 3.00. The lowest BCUT2D eigenvalue weighted by Crippen LogP contribution is -2.45. The molecule has 1 fully saturated rings. The maximum atomic E-state index is 12.5. The van der Waals surface area contributed by atoms with E-state index in [0.29, 0.717) is 12.3 Å². The Morgan fingerprint density at radius 3 is 2.83 bits per heavy atom. The van der Waals surface area contributed by atoms with Crippen molar-refractivity contribution in [3.63, 3.8) is 0 Å². The number of piperidine rings is 1. The predicted octanol–water partition coefficient (Wildman–Crippen LogP) is 0.791. The van der Waals surface area contributed by atoms with Crippen LogP contribution in [0.2, 0.25) is 0 Å². The molecule has 2 N–H and O–H groups in total. The quantitative estimate of drug-likeness (QED) is 0.901. The van der Waals surface area contributed by atoms with Crippen molar-refractivity contribution in [1.82, 2.24) is 25.1 Å². The molecule has 0 radical (unpaired) electrons. The minimum absolute atomic E-state index is 0.140. The summed E-state index contributed by atoms with van der Waals surface area (Å²) < 4.78 is 1.59. The van der Waals surface area contributed by atoms with Gasteiger partial charge in [-0.15, -0.1) is 5.10 Å². The molecular weight excluding hydrogens is 292 g/mol. The van der Waals surface area contributed by atoms with Gasteiger partial charge < -0.3 is 10.6 Å². The van der Waals surface area contributed by atoms with Gasteiger partial charge in [0.2, 0.25) is 5.91 Å². The summed E-state index contributed by atoms with van der Waals surface area (Å²) in [6.45, 7) is 3.64. The number of hydrogen-bond donors (Lipinski definition) is 1. The average molecular weight is 314 g/mol. The van der Waals surface area contributed by atoms with E-state index < -0.39 is 0 Å². The fraction of sp³-hybridized carbons (Fsp3) is 0.500. The maximum absolute atomic E-state index is 12.5. The lowest BCUT2D eigenvalue weighted by atomic mass is 9.92. The summed E-state index contributed by atoms with van der Waals surface area (Å²) in [6, 6.07) is 7.87. The third kappa shape index (κ3) is 3.73. The van der Waals surface area contributed by atoms with E-state index in [0.717, 1.165) is 37.2 Å². The highest BCUT2D eigenvalue weighted by Crippen LogP contribution is 2.19. The first-order chi connectivity index (χ1) is 11.1. The van der Waals surface area contributed by atoms with Gasteiger partial charge in [-0.3, -0.25) is 4.79 Å². The highest BCUT2D eigenvalue weighted by molar-refractivity contribution is 5.79. The van der Waals surface area contributed by atoms with Gasteiger partial charge >= 0.3 is 0 Å². The van der Waals surface area contributed by atoms with Crippen molar-refractivity contribution in [1.29, 1.82) is 0 Å². The summed E-state index contributed by atoms with van der Waals surface area (Å²) in [4.78, 5) is 14.4. The summed E-state index contributed by atoms with van der Waals surface area (Å²) in [7, 11) is 0. The van der Waals surface area contributed by atoms with Gasteiger partial charge in [0.1, 0.15) is 6.33 Å². The van der Waals surface area contributed by atoms with Gasteiger partial charge in [-0.1, -0.05) is 12.1 Å². The third-order valence-corrected chi connectivity index (χ3v) is 4.46. The molecule has 2 aromatic rings. The third-order valence-electron chi connectivity index (χ3n) is 4.46. The summed E-state index contributed by atoms with van der Waals surface area (Å²) in [5, 5.41) is 11.1. The van der Waals surface area contributed by atoms with Crippen molar-refractivity contribution < 1.29 is 4.79 Å². The Morgan fingerprint density at radius 2 is 2.17 bits per heavy atom. The minimum Gasteiger partial charge on any atom is -0.342 e. The van der Waals surface area contributed by atoms with E-state index in [9.17, 15) is 4.79 Å².